The Balaban J connectivity index is 1.31. The van der Waals surface area contributed by atoms with Gasteiger partial charge in [-0.2, -0.15) is 0 Å². The lowest BCUT2D eigenvalue weighted by Gasteiger charge is -2.42. The van der Waals surface area contributed by atoms with Gasteiger partial charge in [0.25, 0.3) is 5.91 Å². The summed E-state index contributed by atoms with van der Waals surface area (Å²) in [6.45, 7) is 12.2. The van der Waals surface area contributed by atoms with Crippen molar-refractivity contribution in [2.75, 3.05) is 18.4 Å². The standard InChI is InChI=1S/C36H43N3O11/c1-7-39(8-2)19-25-9-11-29-18-26(10-12-28(29)17-25)20-45-36(44)37-30-15-13-27(14-16-30)34(43)38-50-35-33(49-24(6)42)32(48-23(5)41)31(21(3)46-35)47-22(4)40/h9-18,21,31-33,35H,7-8,19-20H2,1-6H3,(H,37,44)(H,38,43)/t21-,31+,32+,33-,35-/m0/s1. The second kappa shape index (κ2) is 17.6. The molecule has 0 aliphatic carbocycles. The van der Waals surface area contributed by atoms with Gasteiger partial charge in [0.2, 0.25) is 6.29 Å². The molecule has 0 aromatic heterocycles. The number of amides is 2. The van der Waals surface area contributed by atoms with Crippen molar-refractivity contribution >= 4 is 46.4 Å². The van der Waals surface area contributed by atoms with Crippen LogP contribution in [0.15, 0.2) is 60.7 Å². The Hall–Kier alpha value is -5.05. The summed E-state index contributed by atoms with van der Waals surface area (Å²) in [6.07, 6.45) is -6.77. The third kappa shape index (κ3) is 10.5. The minimum atomic E-state index is -1.43. The third-order valence-corrected chi connectivity index (χ3v) is 7.93. The van der Waals surface area contributed by atoms with Gasteiger partial charge in [0, 0.05) is 38.6 Å². The molecule has 2 N–H and O–H groups in total. The summed E-state index contributed by atoms with van der Waals surface area (Å²) in [5.74, 6) is -2.86. The van der Waals surface area contributed by atoms with Crippen molar-refractivity contribution in [3.8, 4) is 0 Å². The highest BCUT2D eigenvalue weighted by Gasteiger charge is 2.51. The number of carbonyl (C=O) groups is 5. The molecule has 0 saturated carbocycles. The maximum atomic E-state index is 12.9. The van der Waals surface area contributed by atoms with Crippen molar-refractivity contribution in [3.05, 3.63) is 77.4 Å². The molecule has 1 fully saturated rings. The van der Waals surface area contributed by atoms with Crippen LogP contribution in [0.25, 0.3) is 10.8 Å². The van der Waals surface area contributed by atoms with E-state index in [9.17, 15) is 24.0 Å². The van der Waals surface area contributed by atoms with Crippen LogP contribution in [-0.4, -0.2) is 78.6 Å². The zero-order chi connectivity index (χ0) is 36.4. The molecule has 14 heteroatoms. The molecular formula is C36H43N3O11. The van der Waals surface area contributed by atoms with Crippen LogP contribution in [-0.2, 0) is 56.1 Å². The molecule has 3 aromatic carbocycles. The predicted octanol–water partition coefficient (Wildman–Crippen LogP) is 4.63. The van der Waals surface area contributed by atoms with E-state index < -0.39 is 60.6 Å². The molecule has 0 radical (unpaired) electrons. The predicted molar refractivity (Wildman–Crippen MR) is 180 cm³/mol. The minimum absolute atomic E-state index is 0.0664. The molecule has 1 heterocycles. The Bertz CT molecular complexity index is 1680. The summed E-state index contributed by atoms with van der Waals surface area (Å²) in [5, 5.41) is 4.79. The second-order valence-corrected chi connectivity index (χ2v) is 11.7. The van der Waals surface area contributed by atoms with Crippen LogP contribution in [0.4, 0.5) is 10.5 Å². The smallest absolute Gasteiger partial charge is 0.411 e. The number of fused-ring (bicyclic) bond motifs is 1. The molecule has 50 heavy (non-hydrogen) atoms. The van der Waals surface area contributed by atoms with Gasteiger partial charge in [-0.05, 0) is 78.3 Å². The van der Waals surface area contributed by atoms with Crippen LogP contribution in [0.2, 0.25) is 0 Å². The van der Waals surface area contributed by atoms with Crippen molar-refractivity contribution < 1.29 is 52.5 Å². The molecule has 268 valence electrons. The molecule has 3 aromatic rings. The molecule has 1 aliphatic heterocycles. The van der Waals surface area contributed by atoms with Gasteiger partial charge in [0.1, 0.15) is 6.61 Å². The number of benzene rings is 3. The molecule has 2 amide bonds. The average molecular weight is 694 g/mol. The summed E-state index contributed by atoms with van der Waals surface area (Å²) in [7, 11) is 0. The highest BCUT2D eigenvalue weighted by molar-refractivity contribution is 5.94. The lowest BCUT2D eigenvalue weighted by Crippen LogP contribution is -2.62. The molecule has 5 atom stereocenters. The maximum Gasteiger partial charge on any atom is 0.411 e. The van der Waals surface area contributed by atoms with Crippen molar-refractivity contribution in [2.24, 2.45) is 0 Å². The Morgan fingerprint density at radius 2 is 1.30 bits per heavy atom. The highest BCUT2D eigenvalue weighted by Crippen LogP contribution is 2.29. The fourth-order valence-electron chi connectivity index (χ4n) is 5.48. The summed E-state index contributed by atoms with van der Waals surface area (Å²) >= 11 is 0. The first-order chi connectivity index (χ1) is 23.9. The van der Waals surface area contributed by atoms with Gasteiger partial charge in [-0.3, -0.25) is 29.4 Å². The lowest BCUT2D eigenvalue weighted by atomic mass is 9.99. The van der Waals surface area contributed by atoms with Crippen molar-refractivity contribution in [2.45, 2.75) is 85.4 Å². The van der Waals surface area contributed by atoms with Gasteiger partial charge in [-0.15, -0.1) is 0 Å². The topological polar surface area (TPSA) is 168 Å². The molecule has 1 aliphatic rings. The van der Waals surface area contributed by atoms with E-state index in [1.54, 1.807) is 0 Å². The number of ether oxygens (including phenoxy) is 5. The van der Waals surface area contributed by atoms with Crippen molar-refractivity contribution in [1.82, 2.24) is 10.4 Å². The Morgan fingerprint density at radius 1 is 0.740 bits per heavy atom. The van der Waals surface area contributed by atoms with Crippen LogP contribution < -0.4 is 10.8 Å². The van der Waals surface area contributed by atoms with E-state index in [1.807, 2.05) is 18.2 Å². The van der Waals surface area contributed by atoms with Gasteiger partial charge < -0.3 is 23.7 Å². The number of hydrogen-bond donors (Lipinski definition) is 2. The summed E-state index contributed by atoms with van der Waals surface area (Å²) < 4.78 is 27.0. The second-order valence-electron chi connectivity index (χ2n) is 11.7. The normalized spacial score (nSPS) is 20.1. The number of rotatable bonds is 13. The van der Waals surface area contributed by atoms with Gasteiger partial charge in [0.05, 0.1) is 6.10 Å². The molecule has 1 saturated heterocycles. The fraction of sp³-hybridized carbons (Fsp3) is 0.417. The van der Waals surface area contributed by atoms with Crippen LogP contribution in [0.1, 0.15) is 63.0 Å². The van der Waals surface area contributed by atoms with Crippen LogP contribution in [0.5, 0.6) is 0 Å². The summed E-state index contributed by atoms with van der Waals surface area (Å²) in [5.41, 5.74) is 4.85. The van der Waals surface area contributed by atoms with E-state index in [0.29, 0.717) is 5.69 Å². The largest absolute Gasteiger partial charge is 0.456 e. The molecule has 0 unspecified atom stereocenters. The summed E-state index contributed by atoms with van der Waals surface area (Å²) in [4.78, 5) is 68.6. The molecule has 4 rings (SSSR count). The first kappa shape index (κ1) is 37.8. The Morgan fingerprint density at radius 3 is 1.90 bits per heavy atom. The van der Waals surface area contributed by atoms with E-state index in [0.717, 1.165) is 49.8 Å². The van der Waals surface area contributed by atoms with Crippen molar-refractivity contribution in [1.29, 1.82) is 0 Å². The van der Waals surface area contributed by atoms with Gasteiger partial charge in [-0.1, -0.05) is 38.1 Å². The zero-order valence-corrected chi connectivity index (χ0v) is 28.9. The number of nitrogens with zero attached hydrogens (tertiary/aromatic N) is 1. The average Bonchev–Trinajstić information content (AvgIpc) is 3.07. The Kier molecular flexibility index (Phi) is 13.3. The van der Waals surface area contributed by atoms with Crippen LogP contribution in [0, 0.1) is 0 Å². The zero-order valence-electron chi connectivity index (χ0n) is 28.9. The van der Waals surface area contributed by atoms with E-state index in [-0.39, 0.29) is 12.2 Å². The number of hydrogen-bond acceptors (Lipinski definition) is 12. The van der Waals surface area contributed by atoms with E-state index in [1.165, 1.54) is 43.7 Å². The monoisotopic (exact) mass is 693 g/mol. The van der Waals surface area contributed by atoms with E-state index in [2.05, 4.69) is 47.7 Å². The SMILES string of the molecule is CCN(CC)Cc1ccc2cc(COC(=O)Nc3ccc(C(=O)NO[C@@H]4O[C@@H](C)[C@@H](OC(C)=O)[C@@H](OC(C)=O)[C@@H]4OC(C)=O)cc3)ccc2c1. The number of esters is 3. The minimum Gasteiger partial charge on any atom is -0.456 e. The highest BCUT2D eigenvalue weighted by atomic mass is 16.8. The van der Waals surface area contributed by atoms with Crippen LogP contribution >= 0.6 is 0 Å². The van der Waals surface area contributed by atoms with Crippen LogP contribution in [0.3, 0.4) is 0 Å². The fourth-order valence-corrected chi connectivity index (χ4v) is 5.48. The lowest BCUT2D eigenvalue weighted by molar-refractivity contribution is -0.310. The first-order valence-electron chi connectivity index (χ1n) is 16.3. The summed E-state index contributed by atoms with van der Waals surface area (Å²) in [6, 6.07) is 18.2. The quantitative estimate of drug-likeness (QED) is 0.145. The Labute approximate surface area is 290 Å². The van der Waals surface area contributed by atoms with Gasteiger partial charge >= 0.3 is 24.0 Å². The molecule has 0 spiro atoms. The number of anilines is 1. The molecular weight excluding hydrogens is 650 g/mol. The molecule has 14 nitrogen and oxygen atoms in total. The molecule has 0 bridgehead atoms. The third-order valence-electron chi connectivity index (χ3n) is 7.93. The number of hydroxylamine groups is 1. The first-order valence-corrected chi connectivity index (χ1v) is 16.3. The maximum absolute atomic E-state index is 12.9. The van der Waals surface area contributed by atoms with Gasteiger partial charge in [0.15, 0.2) is 18.3 Å². The number of nitrogens with one attached hydrogen (secondary N) is 2. The van der Waals surface area contributed by atoms with E-state index >= 15 is 0 Å². The van der Waals surface area contributed by atoms with E-state index in [4.69, 9.17) is 28.5 Å². The van der Waals surface area contributed by atoms with Gasteiger partial charge in [-0.25, -0.2) is 15.1 Å². The van der Waals surface area contributed by atoms with Crippen molar-refractivity contribution in [3.63, 3.8) is 0 Å². The number of carbonyl (C=O) groups excluding carboxylic acids is 5.